The molecule has 0 spiro atoms. The van der Waals surface area contributed by atoms with Crippen molar-refractivity contribution in [2.24, 2.45) is 0 Å². The largest absolute Gasteiger partial charge is 0.445 e. The molecule has 96 valence electrons. The Balaban J connectivity index is 1.93. The highest BCUT2D eigenvalue weighted by atomic mass is 16.6. The minimum absolute atomic E-state index is 0.0678. The first-order valence-corrected chi connectivity index (χ1v) is 5.57. The second-order valence-corrected chi connectivity index (χ2v) is 4.18. The number of esters is 1. The van der Waals surface area contributed by atoms with Crippen LogP contribution in [0.1, 0.15) is 25.7 Å². The zero-order chi connectivity index (χ0) is 13.3. The third-order valence-corrected chi connectivity index (χ3v) is 2.89. The van der Waals surface area contributed by atoms with Crippen molar-refractivity contribution in [2.45, 2.75) is 31.8 Å². The summed E-state index contributed by atoms with van der Waals surface area (Å²) in [6, 6.07) is 0. The molecule has 0 N–H and O–H groups in total. The maximum absolute atomic E-state index is 11.5. The molecule has 7 nitrogen and oxygen atoms in total. The van der Waals surface area contributed by atoms with Crippen LogP contribution in [-0.4, -0.2) is 46.9 Å². The van der Waals surface area contributed by atoms with Crippen LogP contribution >= 0.6 is 0 Å². The van der Waals surface area contributed by atoms with Gasteiger partial charge in [0, 0.05) is 25.7 Å². The molecular weight excluding hydrogens is 242 g/mol. The quantitative estimate of drug-likeness (QED) is 0.362. The van der Waals surface area contributed by atoms with Crippen molar-refractivity contribution in [3.8, 4) is 0 Å². The van der Waals surface area contributed by atoms with Gasteiger partial charge in [-0.1, -0.05) is 0 Å². The highest BCUT2D eigenvalue weighted by molar-refractivity contribution is 6.12. The van der Waals surface area contributed by atoms with E-state index in [4.69, 9.17) is 4.74 Å². The average Bonchev–Trinajstić information content (AvgIpc) is 2.79. The van der Waals surface area contributed by atoms with Gasteiger partial charge in [0.2, 0.25) is 17.9 Å². The molecule has 0 aromatic carbocycles. The summed E-state index contributed by atoms with van der Waals surface area (Å²) in [5.41, 5.74) is 0. The van der Waals surface area contributed by atoms with Crippen LogP contribution in [0.3, 0.4) is 0 Å². The van der Waals surface area contributed by atoms with Crippen LogP contribution in [0.5, 0.6) is 0 Å². The fraction of sp³-hybridized carbons (Fsp3) is 0.545. The van der Waals surface area contributed by atoms with Gasteiger partial charge in [-0.15, -0.1) is 0 Å². The highest BCUT2D eigenvalue weighted by Crippen LogP contribution is 2.16. The number of hydrogen-bond acceptors (Lipinski definition) is 6. The van der Waals surface area contributed by atoms with Crippen LogP contribution in [0, 0.1) is 0 Å². The minimum Gasteiger partial charge on any atom is -0.445 e. The van der Waals surface area contributed by atoms with Crippen LogP contribution in [0.4, 0.5) is 0 Å². The van der Waals surface area contributed by atoms with Gasteiger partial charge in [-0.25, -0.2) is 0 Å². The molecule has 1 heterocycles. The Morgan fingerprint density at radius 1 is 1.00 bits per heavy atom. The molecule has 0 aromatic heterocycles. The number of hydrogen-bond donors (Lipinski definition) is 0. The molecule has 0 radical (unpaired) electrons. The topological polar surface area (TPSA) is 97.8 Å². The molecule has 2 fully saturated rings. The van der Waals surface area contributed by atoms with Gasteiger partial charge in [0.05, 0.1) is 0 Å². The number of Topliss-reactive ketones (excluding diaryl/α,β-unsaturated/α-hetero) is 2. The average molecular weight is 253 g/mol. The molecule has 1 saturated heterocycles. The molecule has 0 atom stereocenters. The lowest BCUT2D eigenvalue weighted by Gasteiger charge is -2.14. The van der Waals surface area contributed by atoms with E-state index in [2.05, 4.69) is 0 Å². The summed E-state index contributed by atoms with van der Waals surface area (Å²) in [7, 11) is 0. The van der Waals surface area contributed by atoms with Crippen molar-refractivity contribution in [3.05, 3.63) is 0 Å². The lowest BCUT2D eigenvalue weighted by molar-refractivity contribution is -0.160. The number of likely N-dealkylation sites (tertiary alicyclic amines) is 1. The van der Waals surface area contributed by atoms with Gasteiger partial charge < -0.3 is 4.74 Å². The Kier molecular flexibility index (Phi) is 3.22. The molecule has 1 aliphatic heterocycles. The summed E-state index contributed by atoms with van der Waals surface area (Å²) in [4.78, 5) is 57.2. The van der Waals surface area contributed by atoms with Crippen LogP contribution in [0.25, 0.3) is 0 Å². The van der Waals surface area contributed by atoms with E-state index >= 15 is 0 Å². The maximum Gasteiger partial charge on any atom is 0.327 e. The highest BCUT2D eigenvalue weighted by Gasteiger charge is 2.37. The fourth-order valence-electron chi connectivity index (χ4n) is 1.92. The molecule has 2 amide bonds. The van der Waals surface area contributed by atoms with Gasteiger partial charge in [-0.05, 0) is 0 Å². The van der Waals surface area contributed by atoms with E-state index in [1.165, 1.54) is 0 Å². The Morgan fingerprint density at radius 3 is 2.00 bits per heavy atom. The zero-order valence-corrected chi connectivity index (χ0v) is 9.51. The third kappa shape index (κ3) is 2.29. The summed E-state index contributed by atoms with van der Waals surface area (Å²) >= 11 is 0. The molecule has 1 saturated carbocycles. The first kappa shape index (κ1) is 12.4. The number of ketones is 2. The first-order valence-electron chi connectivity index (χ1n) is 5.57. The standard InChI is InChI=1S/C11H11NO6/c13-6-1-2-7(14)11(6)18-10(17)5-12-8(15)3-4-9(12)16/h11H,1-5H2. The molecule has 2 aliphatic rings. The number of carbonyl (C=O) groups excluding carboxylic acids is 5. The van der Waals surface area contributed by atoms with E-state index in [0.29, 0.717) is 0 Å². The maximum atomic E-state index is 11.5. The van der Waals surface area contributed by atoms with Crippen molar-refractivity contribution >= 4 is 29.4 Å². The Labute approximate surface area is 102 Å². The number of amides is 2. The molecule has 18 heavy (non-hydrogen) atoms. The summed E-state index contributed by atoms with van der Waals surface area (Å²) in [5.74, 6) is -2.67. The third-order valence-electron chi connectivity index (χ3n) is 2.89. The van der Waals surface area contributed by atoms with Gasteiger partial charge >= 0.3 is 5.97 Å². The molecular formula is C11H11NO6. The normalized spacial score (nSPS) is 21.0. The van der Waals surface area contributed by atoms with E-state index in [0.717, 1.165) is 4.90 Å². The van der Waals surface area contributed by atoms with Gasteiger partial charge in [0.25, 0.3) is 0 Å². The van der Waals surface area contributed by atoms with Gasteiger partial charge in [0.1, 0.15) is 6.54 Å². The molecule has 1 aliphatic carbocycles. The lowest BCUT2D eigenvalue weighted by Crippen LogP contribution is -2.38. The molecule has 0 aromatic rings. The number of rotatable bonds is 3. The van der Waals surface area contributed by atoms with Crippen molar-refractivity contribution in [3.63, 3.8) is 0 Å². The summed E-state index contributed by atoms with van der Waals surface area (Å²) in [5, 5.41) is 0. The monoisotopic (exact) mass is 253 g/mol. The predicted molar refractivity (Wildman–Crippen MR) is 55.1 cm³/mol. The molecule has 7 heteroatoms. The van der Waals surface area contributed by atoms with Crippen LogP contribution in [0.15, 0.2) is 0 Å². The second kappa shape index (κ2) is 4.67. The second-order valence-electron chi connectivity index (χ2n) is 4.18. The van der Waals surface area contributed by atoms with E-state index in [-0.39, 0.29) is 25.7 Å². The van der Waals surface area contributed by atoms with Crippen molar-refractivity contribution in [2.75, 3.05) is 6.54 Å². The Bertz CT molecular complexity index is 382. The minimum atomic E-state index is -1.36. The first-order chi connectivity index (χ1) is 8.49. The van der Waals surface area contributed by atoms with Crippen molar-refractivity contribution in [1.82, 2.24) is 4.90 Å². The zero-order valence-electron chi connectivity index (χ0n) is 9.51. The van der Waals surface area contributed by atoms with E-state index in [9.17, 15) is 24.0 Å². The van der Waals surface area contributed by atoms with E-state index < -0.39 is 42.0 Å². The Hall–Kier alpha value is -2.05. The molecule has 0 bridgehead atoms. The van der Waals surface area contributed by atoms with Crippen LogP contribution in [-0.2, 0) is 28.7 Å². The lowest BCUT2D eigenvalue weighted by atomic mass is 10.3. The predicted octanol–water partition coefficient (Wildman–Crippen LogP) is -1.02. The SMILES string of the molecule is O=C(CN1C(=O)CCC1=O)OC1C(=O)CCC1=O. The summed E-state index contributed by atoms with van der Waals surface area (Å²) in [6.07, 6.45) is -1.07. The summed E-state index contributed by atoms with van der Waals surface area (Å²) in [6.45, 7) is -0.533. The number of nitrogens with zero attached hydrogens (tertiary/aromatic N) is 1. The van der Waals surface area contributed by atoms with Crippen LogP contribution in [0.2, 0.25) is 0 Å². The summed E-state index contributed by atoms with van der Waals surface area (Å²) < 4.78 is 4.71. The number of carbonyl (C=O) groups is 5. The van der Waals surface area contributed by atoms with Crippen LogP contribution < -0.4 is 0 Å². The number of imide groups is 1. The molecule has 2 rings (SSSR count). The number of ether oxygens (including phenoxy) is 1. The van der Waals surface area contributed by atoms with Gasteiger partial charge in [-0.2, -0.15) is 0 Å². The van der Waals surface area contributed by atoms with Crippen molar-refractivity contribution < 1.29 is 28.7 Å². The van der Waals surface area contributed by atoms with E-state index in [1.807, 2.05) is 0 Å². The molecule has 0 unspecified atom stereocenters. The van der Waals surface area contributed by atoms with Gasteiger partial charge in [0.15, 0.2) is 11.6 Å². The van der Waals surface area contributed by atoms with Crippen molar-refractivity contribution in [1.29, 1.82) is 0 Å². The van der Waals surface area contributed by atoms with Gasteiger partial charge in [-0.3, -0.25) is 28.9 Å². The van der Waals surface area contributed by atoms with E-state index in [1.54, 1.807) is 0 Å². The fourth-order valence-corrected chi connectivity index (χ4v) is 1.92. The smallest absolute Gasteiger partial charge is 0.327 e. The Morgan fingerprint density at radius 2 is 1.50 bits per heavy atom.